The van der Waals surface area contributed by atoms with Gasteiger partial charge < -0.3 is 15.4 Å². The van der Waals surface area contributed by atoms with Crippen LogP contribution in [0.15, 0.2) is 24.3 Å². The number of carbonyl (C=O) groups is 2. The number of aromatic amines is 1. The zero-order valence-electron chi connectivity index (χ0n) is 12.2. The predicted molar refractivity (Wildman–Crippen MR) is 86.4 cm³/mol. The highest BCUT2D eigenvalue weighted by molar-refractivity contribution is 6.38. The van der Waals surface area contributed by atoms with Gasteiger partial charge in [0.2, 0.25) is 0 Å². The van der Waals surface area contributed by atoms with Gasteiger partial charge in [0.25, 0.3) is 5.91 Å². The zero-order valence-corrected chi connectivity index (χ0v) is 12.9. The van der Waals surface area contributed by atoms with Crippen molar-refractivity contribution >= 4 is 34.4 Å². The topological polar surface area (TPSA) is 82.2 Å². The highest BCUT2D eigenvalue weighted by Gasteiger charge is 2.15. The number of hydrogen-bond donors (Lipinski definition) is 3. The first-order valence-corrected chi connectivity index (χ1v) is 7.73. The van der Waals surface area contributed by atoms with E-state index in [0.717, 1.165) is 30.2 Å². The van der Waals surface area contributed by atoms with Crippen LogP contribution in [0.4, 0.5) is 0 Å². The van der Waals surface area contributed by atoms with E-state index in [-0.39, 0.29) is 12.3 Å². The van der Waals surface area contributed by atoms with Crippen LogP contribution in [0.1, 0.15) is 42.6 Å². The second-order valence-electron chi connectivity index (χ2n) is 5.17. The number of aromatic nitrogens is 1. The number of unbranched alkanes of at least 4 members (excludes halogenated alkanes) is 3. The van der Waals surface area contributed by atoms with Crippen molar-refractivity contribution in [2.45, 2.75) is 32.1 Å². The molecule has 0 aliphatic rings. The highest BCUT2D eigenvalue weighted by Crippen LogP contribution is 2.26. The molecular formula is C16H19ClN2O3. The van der Waals surface area contributed by atoms with E-state index < -0.39 is 5.97 Å². The molecule has 22 heavy (non-hydrogen) atoms. The van der Waals surface area contributed by atoms with Crippen molar-refractivity contribution in [1.82, 2.24) is 10.3 Å². The fourth-order valence-electron chi connectivity index (χ4n) is 2.31. The molecule has 2 aromatic rings. The van der Waals surface area contributed by atoms with Gasteiger partial charge in [-0.2, -0.15) is 0 Å². The summed E-state index contributed by atoms with van der Waals surface area (Å²) in [7, 11) is 0. The first-order valence-electron chi connectivity index (χ1n) is 7.36. The third-order valence-corrected chi connectivity index (χ3v) is 3.87. The van der Waals surface area contributed by atoms with Crippen LogP contribution in [-0.4, -0.2) is 28.5 Å². The maximum atomic E-state index is 12.1. The Morgan fingerprint density at radius 2 is 1.86 bits per heavy atom. The van der Waals surface area contributed by atoms with Crippen molar-refractivity contribution in [2.24, 2.45) is 0 Å². The largest absolute Gasteiger partial charge is 0.481 e. The molecule has 2 rings (SSSR count). The van der Waals surface area contributed by atoms with E-state index in [9.17, 15) is 9.59 Å². The second kappa shape index (κ2) is 7.84. The van der Waals surface area contributed by atoms with Crippen LogP contribution in [0.25, 0.3) is 10.9 Å². The standard InChI is InChI=1S/C16H19ClN2O3/c17-14-11-7-4-5-8-12(11)19-15(14)16(22)18-10-6-2-1-3-9-13(20)21/h4-5,7-8,19H,1-3,6,9-10H2,(H,18,22)(H,20,21). The van der Waals surface area contributed by atoms with Gasteiger partial charge in [0.05, 0.1) is 5.02 Å². The summed E-state index contributed by atoms with van der Waals surface area (Å²) in [5.74, 6) is -0.978. The van der Waals surface area contributed by atoms with E-state index in [0.29, 0.717) is 23.7 Å². The normalized spacial score (nSPS) is 10.8. The lowest BCUT2D eigenvalue weighted by Crippen LogP contribution is -2.25. The summed E-state index contributed by atoms with van der Waals surface area (Å²) in [6, 6.07) is 7.50. The molecule has 1 amide bonds. The monoisotopic (exact) mass is 322 g/mol. The Morgan fingerprint density at radius 3 is 2.59 bits per heavy atom. The van der Waals surface area contributed by atoms with Gasteiger partial charge in [-0.1, -0.05) is 42.6 Å². The first-order chi connectivity index (χ1) is 10.6. The number of hydrogen-bond acceptors (Lipinski definition) is 2. The maximum Gasteiger partial charge on any atom is 0.303 e. The smallest absolute Gasteiger partial charge is 0.303 e. The molecule has 5 nitrogen and oxygen atoms in total. The van der Waals surface area contributed by atoms with Crippen LogP contribution in [-0.2, 0) is 4.79 Å². The van der Waals surface area contributed by atoms with Gasteiger partial charge in [-0.05, 0) is 18.9 Å². The Hall–Kier alpha value is -2.01. The average molecular weight is 323 g/mol. The van der Waals surface area contributed by atoms with Crippen molar-refractivity contribution < 1.29 is 14.7 Å². The molecule has 0 bridgehead atoms. The Bertz CT molecular complexity index is 666. The molecule has 0 fully saturated rings. The van der Waals surface area contributed by atoms with Crippen LogP contribution >= 0.6 is 11.6 Å². The van der Waals surface area contributed by atoms with E-state index in [4.69, 9.17) is 16.7 Å². The third kappa shape index (κ3) is 4.24. The van der Waals surface area contributed by atoms with Crippen molar-refractivity contribution in [1.29, 1.82) is 0 Å². The summed E-state index contributed by atoms with van der Waals surface area (Å²) in [5, 5.41) is 12.6. The molecule has 6 heteroatoms. The number of benzene rings is 1. The summed E-state index contributed by atoms with van der Waals surface area (Å²) < 4.78 is 0. The van der Waals surface area contributed by atoms with Gasteiger partial charge in [-0.15, -0.1) is 0 Å². The number of para-hydroxylation sites is 1. The number of rotatable bonds is 8. The SMILES string of the molecule is O=C(O)CCCCCCNC(=O)c1[nH]c2ccccc2c1Cl. The molecule has 0 saturated heterocycles. The second-order valence-corrected chi connectivity index (χ2v) is 5.55. The number of fused-ring (bicyclic) bond motifs is 1. The van der Waals surface area contributed by atoms with Gasteiger partial charge in [0.15, 0.2) is 0 Å². The zero-order chi connectivity index (χ0) is 15.9. The fraction of sp³-hybridized carbons (Fsp3) is 0.375. The minimum absolute atomic E-state index is 0.205. The number of carboxylic acid groups (broad SMARTS) is 1. The number of amides is 1. The van der Waals surface area contributed by atoms with E-state index in [2.05, 4.69) is 10.3 Å². The molecule has 0 aliphatic carbocycles. The van der Waals surface area contributed by atoms with Crippen molar-refractivity contribution in [3.63, 3.8) is 0 Å². The maximum absolute atomic E-state index is 12.1. The molecule has 0 aliphatic heterocycles. The molecule has 0 spiro atoms. The van der Waals surface area contributed by atoms with Crippen LogP contribution < -0.4 is 5.32 Å². The van der Waals surface area contributed by atoms with Crippen LogP contribution in [0, 0.1) is 0 Å². The molecule has 0 atom stereocenters. The van der Waals surface area contributed by atoms with E-state index in [1.807, 2.05) is 24.3 Å². The first kappa shape index (κ1) is 16.4. The highest BCUT2D eigenvalue weighted by atomic mass is 35.5. The minimum Gasteiger partial charge on any atom is -0.481 e. The van der Waals surface area contributed by atoms with Crippen molar-refractivity contribution in [3.8, 4) is 0 Å². The molecular weight excluding hydrogens is 304 g/mol. The quantitative estimate of drug-likeness (QED) is 0.649. The average Bonchev–Trinajstić information content (AvgIpc) is 2.83. The Kier molecular flexibility index (Phi) is 5.83. The number of carbonyl (C=O) groups excluding carboxylic acids is 1. The number of carboxylic acids is 1. The number of halogens is 1. The van der Waals surface area contributed by atoms with Gasteiger partial charge in [-0.3, -0.25) is 9.59 Å². The molecule has 0 radical (unpaired) electrons. The lowest BCUT2D eigenvalue weighted by atomic mass is 10.1. The fourth-order valence-corrected chi connectivity index (χ4v) is 2.61. The van der Waals surface area contributed by atoms with Crippen LogP contribution in [0.2, 0.25) is 5.02 Å². The number of aliphatic carboxylic acids is 1. The van der Waals surface area contributed by atoms with E-state index in [1.54, 1.807) is 0 Å². The molecule has 118 valence electrons. The van der Waals surface area contributed by atoms with E-state index >= 15 is 0 Å². The molecule has 1 aromatic carbocycles. The molecule has 1 aromatic heterocycles. The summed E-state index contributed by atoms with van der Waals surface area (Å²) in [5.41, 5.74) is 1.22. The van der Waals surface area contributed by atoms with Gasteiger partial charge in [-0.25, -0.2) is 0 Å². The molecule has 0 saturated carbocycles. The third-order valence-electron chi connectivity index (χ3n) is 3.47. The Labute approximate surface area is 133 Å². The van der Waals surface area contributed by atoms with E-state index in [1.165, 1.54) is 0 Å². The Balaban J connectivity index is 1.77. The number of H-pyrrole nitrogens is 1. The van der Waals surface area contributed by atoms with Crippen molar-refractivity contribution in [2.75, 3.05) is 6.54 Å². The lowest BCUT2D eigenvalue weighted by molar-refractivity contribution is -0.137. The van der Waals surface area contributed by atoms with Gasteiger partial charge in [0.1, 0.15) is 5.69 Å². The van der Waals surface area contributed by atoms with Crippen LogP contribution in [0.3, 0.4) is 0 Å². The summed E-state index contributed by atoms with van der Waals surface area (Å²) in [4.78, 5) is 25.5. The molecule has 0 unspecified atom stereocenters. The number of nitrogens with one attached hydrogen (secondary N) is 2. The predicted octanol–water partition coefficient (Wildman–Crippen LogP) is 3.59. The summed E-state index contributed by atoms with van der Waals surface area (Å²) >= 11 is 6.22. The Morgan fingerprint density at radius 1 is 1.14 bits per heavy atom. The van der Waals surface area contributed by atoms with Crippen LogP contribution in [0.5, 0.6) is 0 Å². The van der Waals surface area contributed by atoms with Crippen molar-refractivity contribution in [3.05, 3.63) is 35.0 Å². The molecule has 3 N–H and O–H groups in total. The minimum atomic E-state index is -0.762. The summed E-state index contributed by atoms with van der Waals surface area (Å²) in [6.45, 7) is 0.553. The van der Waals surface area contributed by atoms with Gasteiger partial charge in [0, 0.05) is 23.9 Å². The molecule has 1 heterocycles. The lowest BCUT2D eigenvalue weighted by Gasteiger charge is -2.04. The summed E-state index contributed by atoms with van der Waals surface area (Å²) in [6.07, 6.45) is 3.46. The van der Waals surface area contributed by atoms with Gasteiger partial charge >= 0.3 is 5.97 Å².